The number of rotatable bonds is 0. The SMILES string of the molecule is [NH3+]c1ccc(S)cc1. The van der Waals surface area contributed by atoms with Crippen LogP contribution in [0.3, 0.4) is 0 Å². The van der Waals surface area contributed by atoms with Gasteiger partial charge in [-0.25, -0.2) is 0 Å². The Morgan fingerprint density at radius 3 is 2.00 bits per heavy atom. The van der Waals surface area contributed by atoms with Gasteiger partial charge < -0.3 is 5.73 Å². The Hall–Kier alpha value is -0.470. The van der Waals surface area contributed by atoms with E-state index in [4.69, 9.17) is 0 Å². The van der Waals surface area contributed by atoms with Crippen LogP contribution >= 0.6 is 12.6 Å². The normalized spacial score (nSPS) is 9.25. The Morgan fingerprint density at radius 1 is 1.12 bits per heavy atom. The Kier molecular flexibility index (Phi) is 1.56. The average molecular weight is 126 g/mol. The molecule has 42 valence electrons. The van der Waals surface area contributed by atoms with Crippen molar-refractivity contribution in [3.05, 3.63) is 24.3 Å². The molecule has 0 aliphatic rings. The van der Waals surface area contributed by atoms with Gasteiger partial charge in [0, 0.05) is 4.90 Å². The largest absolute Gasteiger partial charge is 0.325 e. The summed E-state index contributed by atoms with van der Waals surface area (Å²) in [6.45, 7) is 0. The smallest absolute Gasteiger partial charge is 0.127 e. The highest BCUT2D eigenvalue weighted by molar-refractivity contribution is 7.80. The average Bonchev–Trinajstić information content (AvgIpc) is 1.77. The molecule has 1 aromatic carbocycles. The van der Waals surface area contributed by atoms with Crippen LogP contribution in [0.2, 0.25) is 0 Å². The van der Waals surface area contributed by atoms with Crippen LogP contribution in [-0.2, 0) is 0 Å². The summed E-state index contributed by atoms with van der Waals surface area (Å²) in [6.07, 6.45) is 0. The van der Waals surface area contributed by atoms with E-state index in [9.17, 15) is 0 Å². The molecule has 0 radical (unpaired) electrons. The minimum Gasteiger partial charge on any atom is -0.325 e. The van der Waals surface area contributed by atoms with Crippen molar-refractivity contribution in [3.8, 4) is 0 Å². The molecule has 0 bridgehead atoms. The molecule has 1 aromatic rings. The van der Waals surface area contributed by atoms with Crippen molar-refractivity contribution in [2.75, 3.05) is 0 Å². The van der Waals surface area contributed by atoms with E-state index in [0.717, 1.165) is 10.6 Å². The molecule has 8 heavy (non-hydrogen) atoms. The fourth-order valence-corrected chi connectivity index (χ4v) is 0.645. The Labute approximate surface area is 53.9 Å². The van der Waals surface area contributed by atoms with Crippen LogP contribution in [0.1, 0.15) is 0 Å². The van der Waals surface area contributed by atoms with Crippen LogP contribution in [0.25, 0.3) is 0 Å². The van der Waals surface area contributed by atoms with Crippen LogP contribution in [-0.4, -0.2) is 0 Å². The maximum absolute atomic E-state index is 4.10. The van der Waals surface area contributed by atoms with Gasteiger partial charge in [0.2, 0.25) is 0 Å². The Bertz CT molecular complexity index is 147. The zero-order chi connectivity index (χ0) is 5.98. The third-order valence-electron chi connectivity index (χ3n) is 0.936. The van der Waals surface area contributed by atoms with Gasteiger partial charge in [-0.1, -0.05) is 0 Å². The fraction of sp³-hybridized carbons (Fsp3) is 0. The van der Waals surface area contributed by atoms with Crippen molar-refractivity contribution in [3.63, 3.8) is 0 Å². The molecular weight excluding hydrogens is 118 g/mol. The first-order valence-electron chi connectivity index (χ1n) is 2.40. The van der Waals surface area contributed by atoms with Crippen molar-refractivity contribution >= 4 is 18.3 Å². The molecule has 0 aliphatic carbocycles. The van der Waals surface area contributed by atoms with Gasteiger partial charge in [-0.15, -0.1) is 12.6 Å². The topological polar surface area (TPSA) is 27.6 Å². The van der Waals surface area contributed by atoms with Crippen LogP contribution in [0, 0.1) is 0 Å². The minimum atomic E-state index is 0.984. The van der Waals surface area contributed by atoms with Crippen molar-refractivity contribution in [1.29, 1.82) is 0 Å². The lowest BCUT2D eigenvalue weighted by atomic mass is 10.3. The first-order valence-corrected chi connectivity index (χ1v) is 2.85. The Balaban J connectivity index is 3.03. The quantitative estimate of drug-likeness (QED) is 0.482. The monoisotopic (exact) mass is 126 g/mol. The number of quaternary nitrogens is 1. The standard InChI is InChI=1S/C6H7NS/c7-5-1-3-6(8)4-2-5/h1-4,8H,7H2/p+1. The molecule has 1 rings (SSSR count). The molecule has 0 amide bonds. The van der Waals surface area contributed by atoms with Crippen LogP contribution in [0.4, 0.5) is 5.69 Å². The highest BCUT2D eigenvalue weighted by Gasteiger charge is 1.84. The van der Waals surface area contributed by atoms with E-state index < -0.39 is 0 Å². The van der Waals surface area contributed by atoms with Gasteiger partial charge in [0.15, 0.2) is 0 Å². The summed E-state index contributed by atoms with van der Waals surface area (Å²) in [5.41, 5.74) is 4.76. The highest BCUT2D eigenvalue weighted by atomic mass is 32.1. The molecule has 0 saturated heterocycles. The van der Waals surface area contributed by atoms with Crippen molar-refractivity contribution in [2.45, 2.75) is 4.90 Å². The van der Waals surface area contributed by atoms with E-state index in [0.29, 0.717) is 0 Å². The number of hydrogen-bond acceptors (Lipinski definition) is 1. The van der Waals surface area contributed by atoms with Crippen molar-refractivity contribution in [1.82, 2.24) is 0 Å². The second-order valence-electron chi connectivity index (χ2n) is 1.67. The number of thiol groups is 1. The zero-order valence-corrected chi connectivity index (χ0v) is 5.36. The predicted octanol–water partition coefficient (Wildman–Crippen LogP) is 0.849. The maximum Gasteiger partial charge on any atom is 0.127 e. The van der Waals surface area contributed by atoms with E-state index in [1.807, 2.05) is 24.3 Å². The van der Waals surface area contributed by atoms with E-state index in [2.05, 4.69) is 18.4 Å². The summed E-state index contributed by atoms with van der Waals surface area (Å²) in [5.74, 6) is 0. The summed E-state index contributed by atoms with van der Waals surface area (Å²) in [4.78, 5) is 0.984. The zero-order valence-electron chi connectivity index (χ0n) is 4.46. The van der Waals surface area contributed by atoms with Crippen LogP contribution in [0.5, 0.6) is 0 Å². The number of benzene rings is 1. The van der Waals surface area contributed by atoms with Crippen molar-refractivity contribution < 1.29 is 5.73 Å². The summed E-state index contributed by atoms with van der Waals surface area (Å²) in [6, 6.07) is 7.71. The second kappa shape index (κ2) is 2.20. The summed E-state index contributed by atoms with van der Waals surface area (Å²) in [5, 5.41) is 0. The van der Waals surface area contributed by atoms with Gasteiger partial charge >= 0.3 is 0 Å². The summed E-state index contributed by atoms with van der Waals surface area (Å²) >= 11 is 4.10. The fourth-order valence-electron chi connectivity index (χ4n) is 0.496. The lowest BCUT2D eigenvalue weighted by Crippen LogP contribution is -2.39. The molecule has 0 saturated carbocycles. The molecule has 0 aliphatic heterocycles. The molecule has 2 heteroatoms. The molecule has 1 nitrogen and oxygen atoms in total. The van der Waals surface area contributed by atoms with Gasteiger partial charge in [0.25, 0.3) is 0 Å². The van der Waals surface area contributed by atoms with E-state index in [1.165, 1.54) is 0 Å². The van der Waals surface area contributed by atoms with Gasteiger partial charge in [-0.3, -0.25) is 0 Å². The summed E-state index contributed by atoms with van der Waals surface area (Å²) < 4.78 is 0. The number of hydrogen-bond donors (Lipinski definition) is 2. The van der Waals surface area contributed by atoms with Crippen LogP contribution in [0.15, 0.2) is 29.2 Å². The Morgan fingerprint density at radius 2 is 1.62 bits per heavy atom. The third kappa shape index (κ3) is 1.25. The first-order chi connectivity index (χ1) is 3.79. The molecule has 0 fully saturated rings. The van der Waals surface area contributed by atoms with Crippen LogP contribution < -0.4 is 5.73 Å². The van der Waals surface area contributed by atoms with Gasteiger partial charge in [-0.2, -0.15) is 0 Å². The lowest BCUT2D eigenvalue weighted by molar-refractivity contribution is -0.254. The third-order valence-corrected chi connectivity index (χ3v) is 1.23. The van der Waals surface area contributed by atoms with Crippen molar-refractivity contribution in [2.24, 2.45) is 0 Å². The first kappa shape index (κ1) is 5.66. The van der Waals surface area contributed by atoms with Gasteiger partial charge in [-0.05, 0) is 24.3 Å². The maximum atomic E-state index is 4.10. The molecule has 0 atom stereocenters. The molecule has 3 N–H and O–H groups in total. The molecule has 0 heterocycles. The molecule has 0 aromatic heterocycles. The lowest BCUT2D eigenvalue weighted by Gasteiger charge is -1.86. The summed E-state index contributed by atoms with van der Waals surface area (Å²) in [7, 11) is 0. The molecular formula is C6H8NS+. The molecule has 0 unspecified atom stereocenters. The minimum absolute atomic E-state index is 0.984. The highest BCUT2D eigenvalue weighted by Crippen LogP contribution is 2.06. The predicted molar refractivity (Wildman–Crippen MR) is 36.2 cm³/mol. The van der Waals surface area contributed by atoms with E-state index >= 15 is 0 Å². The van der Waals surface area contributed by atoms with Gasteiger partial charge in [0.1, 0.15) is 5.69 Å². The second-order valence-corrected chi connectivity index (χ2v) is 2.18. The molecule has 0 spiro atoms. The van der Waals surface area contributed by atoms with E-state index in [1.54, 1.807) is 0 Å². The van der Waals surface area contributed by atoms with Gasteiger partial charge in [0.05, 0.1) is 0 Å². The van der Waals surface area contributed by atoms with E-state index in [-0.39, 0.29) is 0 Å².